The summed E-state index contributed by atoms with van der Waals surface area (Å²) in [5.41, 5.74) is 4.47. The minimum Gasteiger partial charge on any atom is -0.444 e. The molecule has 2 aromatic carbocycles. The van der Waals surface area contributed by atoms with E-state index in [1.807, 2.05) is 66.0 Å². The standard InChI is InChI=1S/C39H51N9O6S2/c1-27(2)37-44-32(25-55-37)22-47(4)38(50)46-34(17-18-42-35(40-3)23-48(52)53)36(49)43-30(19-28-11-7-5-8-12-28)15-16-31(20-29-13-9-6-10-14-29)45-39(51)54-24-33-21-41-26-56-33/h5-14,21,25-27,30-31,34H,15-20,22-24H2,1-4H3,(H,40,42)(H,43,49)(H,45,51)(H,46,50)/t30-,31-,34-/m0/s1. The average molecular weight is 806 g/mol. The topological polar surface area (TPSA) is 193 Å². The number of benzene rings is 2. The molecule has 0 spiro atoms. The molecule has 0 saturated heterocycles. The maximum Gasteiger partial charge on any atom is 0.407 e. The van der Waals surface area contributed by atoms with Gasteiger partial charge in [-0.1, -0.05) is 74.5 Å². The smallest absolute Gasteiger partial charge is 0.407 e. The van der Waals surface area contributed by atoms with Crippen LogP contribution in [0.15, 0.2) is 82.7 Å². The fourth-order valence-corrected chi connectivity index (χ4v) is 7.13. The van der Waals surface area contributed by atoms with Gasteiger partial charge in [-0.25, -0.2) is 14.6 Å². The van der Waals surface area contributed by atoms with E-state index in [1.54, 1.807) is 18.8 Å². The Labute approximate surface area is 335 Å². The Bertz CT molecular complexity index is 1840. The quantitative estimate of drug-likeness (QED) is 0.0361. The highest BCUT2D eigenvalue weighted by Crippen LogP contribution is 2.20. The van der Waals surface area contributed by atoms with Crippen LogP contribution in [0.1, 0.15) is 65.7 Å². The number of nitro groups is 1. The van der Waals surface area contributed by atoms with Crippen molar-refractivity contribution < 1.29 is 24.0 Å². The highest BCUT2D eigenvalue weighted by molar-refractivity contribution is 7.09. The molecule has 2 heterocycles. The summed E-state index contributed by atoms with van der Waals surface area (Å²) in [7, 11) is 3.08. The lowest BCUT2D eigenvalue weighted by Gasteiger charge is -2.27. The summed E-state index contributed by atoms with van der Waals surface area (Å²) in [6.07, 6.45) is 3.27. The number of nitrogens with one attached hydrogen (secondary N) is 4. The number of carbonyl (C=O) groups is 3. The van der Waals surface area contributed by atoms with Crippen LogP contribution in [-0.4, -0.2) is 89.0 Å². The Morgan fingerprint density at radius 1 is 0.929 bits per heavy atom. The van der Waals surface area contributed by atoms with Crippen LogP contribution in [0, 0.1) is 10.1 Å². The number of rotatable bonds is 21. The molecule has 0 aliphatic rings. The Morgan fingerprint density at radius 3 is 2.12 bits per heavy atom. The van der Waals surface area contributed by atoms with Crippen molar-refractivity contribution in [1.82, 2.24) is 36.1 Å². The first-order valence-corrected chi connectivity index (χ1v) is 20.2. The molecule has 0 aliphatic heterocycles. The van der Waals surface area contributed by atoms with Gasteiger partial charge < -0.3 is 30.9 Å². The fourth-order valence-electron chi connectivity index (χ4n) is 5.80. The first-order valence-electron chi connectivity index (χ1n) is 18.4. The predicted molar refractivity (Wildman–Crippen MR) is 219 cm³/mol. The molecule has 0 unspecified atom stereocenters. The van der Waals surface area contributed by atoms with E-state index >= 15 is 0 Å². The Kier molecular flexibility index (Phi) is 17.7. The minimum absolute atomic E-state index is 0.110. The number of carbonyl (C=O) groups excluding carboxylic acids is 3. The van der Waals surface area contributed by atoms with E-state index in [4.69, 9.17) is 4.74 Å². The molecule has 4 rings (SSSR count). The van der Waals surface area contributed by atoms with Gasteiger partial charge in [-0.15, -0.1) is 22.7 Å². The molecular formula is C39H51N9O6S2. The van der Waals surface area contributed by atoms with E-state index in [9.17, 15) is 24.5 Å². The average Bonchev–Trinajstić information content (AvgIpc) is 3.89. The number of urea groups is 1. The number of ether oxygens (including phenoxy) is 1. The van der Waals surface area contributed by atoms with Gasteiger partial charge in [-0.05, 0) is 43.2 Å². The number of nitrogens with zero attached hydrogens (tertiary/aromatic N) is 5. The lowest BCUT2D eigenvalue weighted by atomic mass is 9.95. The number of hydrogen-bond acceptors (Lipinski definition) is 11. The predicted octanol–water partition coefficient (Wildman–Crippen LogP) is 5.56. The van der Waals surface area contributed by atoms with Crippen LogP contribution < -0.4 is 21.3 Å². The van der Waals surface area contributed by atoms with Gasteiger partial charge in [-0.3, -0.25) is 24.9 Å². The molecule has 3 atom stereocenters. The van der Waals surface area contributed by atoms with Crippen LogP contribution in [0.3, 0.4) is 0 Å². The van der Waals surface area contributed by atoms with E-state index in [0.29, 0.717) is 25.7 Å². The Balaban J connectivity index is 1.49. The Morgan fingerprint density at radius 2 is 1.57 bits per heavy atom. The van der Waals surface area contributed by atoms with Crippen molar-refractivity contribution >= 4 is 46.5 Å². The van der Waals surface area contributed by atoms with Crippen LogP contribution in [0.2, 0.25) is 0 Å². The van der Waals surface area contributed by atoms with Crippen molar-refractivity contribution in [2.24, 2.45) is 4.99 Å². The third-order valence-electron chi connectivity index (χ3n) is 8.75. The van der Waals surface area contributed by atoms with Crippen LogP contribution in [0.5, 0.6) is 0 Å². The van der Waals surface area contributed by atoms with Gasteiger partial charge in [0, 0.05) is 55.1 Å². The minimum atomic E-state index is -0.994. The maximum atomic E-state index is 14.2. The molecule has 17 heteroatoms. The van der Waals surface area contributed by atoms with Crippen LogP contribution >= 0.6 is 22.7 Å². The number of hydrogen-bond donors (Lipinski definition) is 4. The van der Waals surface area contributed by atoms with Gasteiger partial charge in [0.1, 0.15) is 12.6 Å². The van der Waals surface area contributed by atoms with Gasteiger partial charge in [0.25, 0.3) is 6.54 Å². The number of alkyl carbamates (subject to hydrolysis) is 1. The second kappa shape index (κ2) is 22.8. The van der Waals surface area contributed by atoms with Crippen molar-refractivity contribution in [3.63, 3.8) is 0 Å². The van der Waals surface area contributed by atoms with Crippen LogP contribution in [-0.2, 0) is 35.5 Å². The SMILES string of the molecule is CN=C(C[N+](=O)[O-])NCC[C@H](NC(=O)N(C)Cc1csc(C(C)C)n1)C(=O)N[C@@H](CC[C@@H](Cc1ccccc1)NC(=O)OCc1cncs1)Cc1ccccc1. The second-order valence-electron chi connectivity index (χ2n) is 13.6. The van der Waals surface area contributed by atoms with E-state index in [-0.39, 0.29) is 50.0 Å². The van der Waals surface area contributed by atoms with Gasteiger partial charge in [0.2, 0.25) is 5.91 Å². The molecule has 0 bridgehead atoms. The third kappa shape index (κ3) is 15.4. The van der Waals surface area contributed by atoms with Gasteiger partial charge >= 0.3 is 12.1 Å². The molecule has 0 radical (unpaired) electrons. The van der Waals surface area contributed by atoms with Gasteiger partial charge in [0.05, 0.1) is 27.6 Å². The molecule has 0 aliphatic carbocycles. The van der Waals surface area contributed by atoms with E-state index < -0.39 is 35.5 Å². The highest BCUT2D eigenvalue weighted by Gasteiger charge is 2.26. The number of amidine groups is 1. The second-order valence-corrected chi connectivity index (χ2v) is 15.5. The van der Waals surface area contributed by atoms with Crippen molar-refractivity contribution in [3.05, 3.63) is 115 Å². The normalized spacial score (nSPS) is 13.0. The molecule has 4 aromatic rings. The molecule has 0 saturated carbocycles. The number of amides is 4. The lowest BCUT2D eigenvalue weighted by molar-refractivity contribution is -0.463. The first-order chi connectivity index (χ1) is 27.0. The summed E-state index contributed by atoms with van der Waals surface area (Å²) < 4.78 is 5.49. The van der Waals surface area contributed by atoms with Crippen molar-refractivity contribution in [3.8, 4) is 0 Å². The summed E-state index contributed by atoms with van der Waals surface area (Å²) in [6.45, 7) is 4.12. The van der Waals surface area contributed by atoms with Crippen LogP contribution in [0.4, 0.5) is 9.59 Å². The summed E-state index contributed by atoms with van der Waals surface area (Å²) >= 11 is 2.94. The van der Waals surface area contributed by atoms with Crippen LogP contribution in [0.25, 0.3) is 0 Å². The Hall–Kier alpha value is -5.42. The monoisotopic (exact) mass is 805 g/mol. The molecular weight excluding hydrogens is 755 g/mol. The van der Waals surface area contributed by atoms with Crippen molar-refractivity contribution in [2.45, 2.75) is 83.1 Å². The lowest BCUT2D eigenvalue weighted by Crippen LogP contribution is -2.53. The van der Waals surface area contributed by atoms with E-state index in [1.165, 1.54) is 34.6 Å². The molecule has 4 amide bonds. The molecule has 0 fully saturated rings. The maximum absolute atomic E-state index is 14.2. The fraction of sp³-hybridized carbons (Fsp3) is 0.436. The largest absolute Gasteiger partial charge is 0.444 e. The van der Waals surface area contributed by atoms with Gasteiger partial charge in [0.15, 0.2) is 5.84 Å². The van der Waals surface area contributed by atoms with Gasteiger partial charge in [-0.2, -0.15) is 0 Å². The first kappa shape index (κ1) is 43.3. The molecule has 56 heavy (non-hydrogen) atoms. The summed E-state index contributed by atoms with van der Waals surface area (Å²) in [5.74, 6) is 0.00849. The summed E-state index contributed by atoms with van der Waals surface area (Å²) in [4.78, 5) is 66.2. The molecule has 300 valence electrons. The highest BCUT2D eigenvalue weighted by atomic mass is 32.1. The summed E-state index contributed by atoms with van der Waals surface area (Å²) in [6, 6.07) is 17.4. The number of aliphatic imine (C=N–C) groups is 1. The number of aromatic nitrogens is 2. The van der Waals surface area contributed by atoms with E-state index in [2.05, 4.69) is 50.1 Å². The number of thiazole rings is 2. The molecule has 15 nitrogen and oxygen atoms in total. The summed E-state index contributed by atoms with van der Waals surface area (Å²) in [5, 5.41) is 26.0. The molecule has 2 aromatic heterocycles. The zero-order chi connectivity index (χ0) is 40.3. The zero-order valence-corrected chi connectivity index (χ0v) is 33.8. The third-order valence-corrected chi connectivity index (χ3v) is 10.7. The van der Waals surface area contributed by atoms with Crippen molar-refractivity contribution in [2.75, 3.05) is 27.2 Å². The van der Waals surface area contributed by atoms with Crippen molar-refractivity contribution in [1.29, 1.82) is 0 Å². The van der Waals surface area contributed by atoms with E-state index in [0.717, 1.165) is 26.7 Å². The molecule has 4 N–H and O–H groups in total. The zero-order valence-electron chi connectivity index (χ0n) is 32.2.